The van der Waals surface area contributed by atoms with Gasteiger partial charge in [0.25, 0.3) is 0 Å². The number of nitrogens with one attached hydrogen (secondary N) is 1. The molecule has 27 heavy (non-hydrogen) atoms. The molecule has 1 aromatic carbocycles. The van der Waals surface area contributed by atoms with E-state index in [2.05, 4.69) is 31.2 Å². The molecule has 4 aromatic rings. The Morgan fingerprint density at radius 1 is 1.22 bits per heavy atom. The second-order valence-corrected chi connectivity index (χ2v) is 6.74. The molecule has 3 aromatic heterocycles. The Hall–Kier alpha value is -2.91. The summed E-state index contributed by atoms with van der Waals surface area (Å²) in [6.07, 6.45) is 3.12. The number of hydrogen-bond acceptors (Lipinski definition) is 6. The summed E-state index contributed by atoms with van der Waals surface area (Å²) in [5.41, 5.74) is 0. The van der Waals surface area contributed by atoms with Crippen LogP contribution in [0.1, 0.15) is 11.5 Å². The number of hydrogen-bond donors (Lipinski definition) is 1. The van der Waals surface area contributed by atoms with E-state index in [0.717, 1.165) is 10.2 Å². The van der Waals surface area contributed by atoms with Crippen LogP contribution in [0.25, 0.3) is 11.6 Å². The van der Waals surface area contributed by atoms with Gasteiger partial charge in [-0.3, -0.25) is 0 Å². The molecule has 0 atom stereocenters. The molecule has 0 unspecified atom stereocenters. The lowest BCUT2D eigenvalue weighted by atomic mass is 10.3. The van der Waals surface area contributed by atoms with Crippen LogP contribution in [-0.2, 0) is 6.61 Å². The maximum Gasteiger partial charge on any atom is 0.219 e. The normalized spacial score (nSPS) is 11.3. The molecule has 0 aliphatic rings. The minimum atomic E-state index is 0.318. The van der Waals surface area contributed by atoms with Crippen molar-refractivity contribution in [3.8, 4) is 17.3 Å². The molecular formula is C18H13BrN4O3S. The predicted molar refractivity (Wildman–Crippen MR) is 105 cm³/mol. The van der Waals surface area contributed by atoms with Crippen molar-refractivity contribution in [3.05, 3.63) is 75.6 Å². The summed E-state index contributed by atoms with van der Waals surface area (Å²) in [6, 6.07) is 14.8. The standard InChI is InChI=1S/C18H13BrN4O3S/c19-12-3-5-13(6-4-12)25-11-15-8-7-14(26-15)10-20-23-17(21-22-18(23)27)16-2-1-9-24-16/h1-10H,11H2,(H,22,27). The van der Waals surface area contributed by atoms with Gasteiger partial charge in [-0.05, 0) is 60.7 Å². The highest BCUT2D eigenvalue weighted by molar-refractivity contribution is 9.10. The monoisotopic (exact) mass is 444 g/mol. The van der Waals surface area contributed by atoms with E-state index in [1.165, 1.54) is 4.68 Å². The predicted octanol–water partition coefficient (Wildman–Crippen LogP) is 5.02. The van der Waals surface area contributed by atoms with E-state index in [0.29, 0.717) is 34.5 Å². The van der Waals surface area contributed by atoms with Gasteiger partial charge in [0.1, 0.15) is 23.9 Å². The number of rotatable bonds is 6. The van der Waals surface area contributed by atoms with E-state index >= 15 is 0 Å². The van der Waals surface area contributed by atoms with E-state index in [9.17, 15) is 0 Å². The average molecular weight is 445 g/mol. The van der Waals surface area contributed by atoms with E-state index in [1.807, 2.05) is 30.3 Å². The molecule has 136 valence electrons. The van der Waals surface area contributed by atoms with E-state index in [4.69, 9.17) is 25.8 Å². The van der Waals surface area contributed by atoms with Gasteiger partial charge >= 0.3 is 0 Å². The minimum Gasteiger partial charge on any atom is -0.486 e. The van der Waals surface area contributed by atoms with Crippen molar-refractivity contribution >= 4 is 34.4 Å². The minimum absolute atomic E-state index is 0.318. The Morgan fingerprint density at radius 2 is 2.07 bits per heavy atom. The van der Waals surface area contributed by atoms with Crippen LogP contribution in [0.4, 0.5) is 0 Å². The first-order valence-electron chi connectivity index (χ1n) is 7.92. The Balaban J connectivity index is 1.46. The van der Waals surface area contributed by atoms with Crippen LogP contribution in [0, 0.1) is 4.77 Å². The molecule has 0 amide bonds. The Morgan fingerprint density at radius 3 is 2.85 bits per heavy atom. The third-order valence-electron chi connectivity index (χ3n) is 3.57. The van der Waals surface area contributed by atoms with Gasteiger partial charge in [0.2, 0.25) is 10.6 Å². The first kappa shape index (κ1) is 17.5. The molecule has 3 heterocycles. The summed E-state index contributed by atoms with van der Waals surface area (Å²) in [4.78, 5) is 0. The van der Waals surface area contributed by atoms with Crippen LogP contribution in [-0.4, -0.2) is 21.1 Å². The van der Waals surface area contributed by atoms with Crippen molar-refractivity contribution in [2.24, 2.45) is 5.10 Å². The quantitative estimate of drug-likeness (QED) is 0.333. The van der Waals surface area contributed by atoms with Gasteiger partial charge < -0.3 is 13.6 Å². The molecule has 1 N–H and O–H groups in total. The van der Waals surface area contributed by atoms with Gasteiger partial charge in [-0.15, -0.1) is 5.10 Å². The lowest BCUT2D eigenvalue weighted by Crippen LogP contribution is -1.94. The van der Waals surface area contributed by atoms with Crippen LogP contribution in [0.3, 0.4) is 0 Å². The largest absolute Gasteiger partial charge is 0.486 e. The highest BCUT2D eigenvalue weighted by Gasteiger charge is 2.10. The topological polar surface area (TPSA) is 81.5 Å². The first-order chi connectivity index (χ1) is 13.2. The Labute approximate surface area is 167 Å². The zero-order chi connectivity index (χ0) is 18.6. The lowest BCUT2D eigenvalue weighted by Gasteiger charge is -2.03. The lowest BCUT2D eigenvalue weighted by molar-refractivity contribution is 0.270. The van der Waals surface area contributed by atoms with Gasteiger partial charge in [-0.2, -0.15) is 9.78 Å². The fourth-order valence-corrected chi connectivity index (χ4v) is 2.75. The van der Waals surface area contributed by atoms with E-state index in [1.54, 1.807) is 30.7 Å². The van der Waals surface area contributed by atoms with Crippen molar-refractivity contribution in [1.29, 1.82) is 0 Å². The van der Waals surface area contributed by atoms with Crippen molar-refractivity contribution in [3.63, 3.8) is 0 Å². The van der Waals surface area contributed by atoms with Crippen molar-refractivity contribution in [2.75, 3.05) is 0 Å². The number of aromatic nitrogens is 3. The molecule has 0 fully saturated rings. The molecule has 0 spiro atoms. The molecule has 0 aliphatic carbocycles. The van der Waals surface area contributed by atoms with Gasteiger partial charge in [-0.25, -0.2) is 5.10 Å². The third kappa shape index (κ3) is 4.09. The SMILES string of the molecule is S=c1[nH]nc(-c2ccco2)n1N=Cc1ccc(COc2ccc(Br)cc2)o1. The molecule has 0 aliphatic heterocycles. The van der Waals surface area contributed by atoms with Crippen LogP contribution >= 0.6 is 28.1 Å². The van der Waals surface area contributed by atoms with Crippen molar-refractivity contribution in [1.82, 2.24) is 14.9 Å². The Kier molecular flexibility index (Phi) is 5.03. The van der Waals surface area contributed by atoms with Crippen LogP contribution in [0.2, 0.25) is 0 Å². The van der Waals surface area contributed by atoms with E-state index in [-0.39, 0.29) is 0 Å². The van der Waals surface area contributed by atoms with Crippen LogP contribution < -0.4 is 4.74 Å². The number of benzene rings is 1. The molecule has 0 bridgehead atoms. The van der Waals surface area contributed by atoms with Crippen molar-refractivity contribution in [2.45, 2.75) is 6.61 Å². The summed E-state index contributed by atoms with van der Waals surface area (Å²) in [5, 5.41) is 11.2. The van der Waals surface area contributed by atoms with Crippen LogP contribution in [0.5, 0.6) is 5.75 Å². The highest BCUT2D eigenvalue weighted by Crippen LogP contribution is 2.19. The molecule has 0 saturated carbocycles. The van der Waals surface area contributed by atoms with Gasteiger partial charge in [0.05, 0.1) is 12.5 Å². The summed E-state index contributed by atoms with van der Waals surface area (Å²) >= 11 is 8.60. The molecule has 4 rings (SSSR count). The second-order valence-electron chi connectivity index (χ2n) is 5.43. The van der Waals surface area contributed by atoms with E-state index < -0.39 is 0 Å². The summed E-state index contributed by atoms with van der Waals surface area (Å²) in [5.74, 6) is 3.05. The number of ether oxygens (including phenoxy) is 1. The second kappa shape index (κ2) is 7.77. The number of furan rings is 2. The smallest absolute Gasteiger partial charge is 0.219 e. The molecule has 9 heteroatoms. The molecular weight excluding hydrogens is 432 g/mol. The number of aromatic amines is 1. The maximum absolute atomic E-state index is 5.71. The van der Waals surface area contributed by atoms with Crippen LogP contribution in [0.15, 0.2) is 73.2 Å². The molecule has 0 radical (unpaired) electrons. The average Bonchev–Trinajstić information content (AvgIpc) is 3.41. The summed E-state index contributed by atoms with van der Waals surface area (Å²) < 4.78 is 19.6. The first-order valence-corrected chi connectivity index (χ1v) is 9.12. The van der Waals surface area contributed by atoms with Crippen molar-refractivity contribution < 1.29 is 13.6 Å². The zero-order valence-electron chi connectivity index (χ0n) is 13.8. The summed E-state index contributed by atoms with van der Waals surface area (Å²) in [7, 11) is 0. The molecule has 7 nitrogen and oxygen atoms in total. The highest BCUT2D eigenvalue weighted by atomic mass is 79.9. The Bertz CT molecular complexity index is 1110. The maximum atomic E-state index is 5.71. The van der Waals surface area contributed by atoms with Gasteiger partial charge in [0, 0.05) is 4.47 Å². The fraction of sp³-hybridized carbons (Fsp3) is 0.0556. The van der Waals surface area contributed by atoms with Gasteiger partial charge in [0.15, 0.2) is 5.76 Å². The van der Waals surface area contributed by atoms with Gasteiger partial charge in [-0.1, -0.05) is 15.9 Å². The fourth-order valence-electron chi connectivity index (χ4n) is 2.31. The third-order valence-corrected chi connectivity index (χ3v) is 4.36. The number of halogens is 1. The summed E-state index contributed by atoms with van der Waals surface area (Å²) in [6.45, 7) is 0.318. The number of nitrogens with zero attached hydrogens (tertiary/aromatic N) is 3. The zero-order valence-corrected chi connectivity index (χ0v) is 16.2. The number of H-pyrrole nitrogens is 1. The molecule has 0 saturated heterocycles.